The van der Waals surface area contributed by atoms with Crippen LogP contribution in [0.2, 0.25) is 0 Å². The van der Waals surface area contributed by atoms with Gasteiger partial charge in [-0.2, -0.15) is 0 Å². The molecule has 0 heterocycles. The molecule has 2 amide bonds. The van der Waals surface area contributed by atoms with Crippen molar-refractivity contribution < 1.29 is 18.0 Å². The number of nitrogens with zero attached hydrogens (tertiary/aromatic N) is 1. The van der Waals surface area contributed by atoms with Gasteiger partial charge in [0.1, 0.15) is 0 Å². The van der Waals surface area contributed by atoms with Crippen LogP contribution in [0.3, 0.4) is 0 Å². The molecule has 0 aromatic heterocycles. The second-order valence-corrected chi connectivity index (χ2v) is 12.2. The van der Waals surface area contributed by atoms with Gasteiger partial charge in [0.25, 0.3) is 5.91 Å². The van der Waals surface area contributed by atoms with E-state index in [2.05, 4.69) is 12.2 Å². The third kappa shape index (κ3) is 5.51. The van der Waals surface area contributed by atoms with Crippen LogP contribution < -0.4 is 10.2 Å². The van der Waals surface area contributed by atoms with E-state index in [0.29, 0.717) is 22.1 Å². The standard InChI is InChI=1S/C29H30N2O4S/c1-29(17-18-29)31(25-5-3-2-4-6-25)28(33)23-11-13-24(14-12-23)30-27(32)19-21-9-15-26(16-10-21)36(34,35)20-22-7-8-22/h2-6,9-16,22H,7-8,17-20H2,1H3,(H,30,32). The highest BCUT2D eigenvalue weighted by atomic mass is 32.2. The summed E-state index contributed by atoms with van der Waals surface area (Å²) in [5.74, 6) is 0.225. The minimum absolute atomic E-state index is 0.0594. The molecular weight excluding hydrogens is 472 g/mol. The lowest BCUT2D eigenvalue weighted by atomic mass is 10.1. The van der Waals surface area contributed by atoms with Gasteiger partial charge in [-0.3, -0.25) is 9.59 Å². The molecule has 0 unspecified atom stereocenters. The minimum atomic E-state index is -3.26. The van der Waals surface area contributed by atoms with Gasteiger partial charge < -0.3 is 10.2 Å². The van der Waals surface area contributed by atoms with Crippen molar-refractivity contribution in [1.29, 1.82) is 0 Å². The van der Waals surface area contributed by atoms with E-state index < -0.39 is 9.84 Å². The smallest absolute Gasteiger partial charge is 0.258 e. The van der Waals surface area contributed by atoms with Crippen LogP contribution in [0.4, 0.5) is 11.4 Å². The maximum absolute atomic E-state index is 13.4. The summed E-state index contributed by atoms with van der Waals surface area (Å²) in [6.07, 6.45) is 4.03. The largest absolute Gasteiger partial charge is 0.326 e. The first kappa shape index (κ1) is 24.3. The Balaban J connectivity index is 1.21. The Morgan fingerprint density at radius 2 is 1.56 bits per heavy atom. The summed E-state index contributed by atoms with van der Waals surface area (Å²) >= 11 is 0. The Kier molecular flexibility index (Phi) is 6.43. The van der Waals surface area contributed by atoms with Gasteiger partial charge in [-0.05, 0) is 92.6 Å². The number of anilines is 2. The summed E-state index contributed by atoms with van der Waals surface area (Å²) in [5, 5.41) is 2.86. The predicted octanol–water partition coefficient (Wildman–Crippen LogP) is 5.25. The number of rotatable bonds is 9. The fourth-order valence-corrected chi connectivity index (χ4v) is 6.07. The monoisotopic (exact) mass is 502 g/mol. The summed E-state index contributed by atoms with van der Waals surface area (Å²) in [5.41, 5.74) is 2.61. The fourth-order valence-electron chi connectivity index (χ4n) is 4.38. The Morgan fingerprint density at radius 1 is 0.917 bits per heavy atom. The molecule has 7 heteroatoms. The van der Waals surface area contributed by atoms with Gasteiger partial charge in [0, 0.05) is 22.5 Å². The number of carbonyl (C=O) groups is 2. The first-order valence-corrected chi connectivity index (χ1v) is 14.0. The van der Waals surface area contributed by atoms with Crippen molar-refractivity contribution in [2.75, 3.05) is 16.0 Å². The summed E-state index contributed by atoms with van der Waals surface area (Å²) < 4.78 is 24.8. The molecule has 2 fully saturated rings. The number of carbonyl (C=O) groups excluding carboxylic acids is 2. The van der Waals surface area contributed by atoms with Crippen molar-refractivity contribution in [3.63, 3.8) is 0 Å². The molecular formula is C29H30N2O4S. The van der Waals surface area contributed by atoms with Crippen LogP contribution >= 0.6 is 0 Å². The van der Waals surface area contributed by atoms with E-state index in [1.807, 2.05) is 35.2 Å². The van der Waals surface area contributed by atoms with E-state index in [-0.39, 0.29) is 29.5 Å². The second-order valence-electron chi connectivity index (χ2n) is 10.1. The first-order valence-electron chi connectivity index (χ1n) is 12.3. The summed E-state index contributed by atoms with van der Waals surface area (Å²) in [7, 11) is -3.26. The Morgan fingerprint density at radius 3 is 2.14 bits per heavy atom. The van der Waals surface area contributed by atoms with Crippen LogP contribution in [0.15, 0.2) is 83.8 Å². The van der Waals surface area contributed by atoms with Gasteiger partial charge >= 0.3 is 0 Å². The molecule has 0 atom stereocenters. The zero-order chi connectivity index (χ0) is 25.3. The molecule has 2 saturated carbocycles. The SMILES string of the molecule is CC1(N(C(=O)c2ccc(NC(=O)Cc3ccc(S(=O)(=O)CC4CC4)cc3)cc2)c2ccccc2)CC1. The Labute approximate surface area is 212 Å². The number of hydrogen-bond donors (Lipinski definition) is 1. The molecule has 36 heavy (non-hydrogen) atoms. The molecule has 1 N–H and O–H groups in total. The number of hydrogen-bond acceptors (Lipinski definition) is 4. The lowest BCUT2D eigenvalue weighted by Crippen LogP contribution is -2.40. The number of benzene rings is 3. The molecule has 2 aliphatic carbocycles. The third-order valence-electron chi connectivity index (χ3n) is 6.95. The van der Waals surface area contributed by atoms with E-state index in [0.717, 1.165) is 36.9 Å². The number of amides is 2. The number of para-hydroxylation sites is 1. The number of sulfone groups is 1. The molecule has 0 radical (unpaired) electrons. The van der Waals surface area contributed by atoms with Crippen LogP contribution in [-0.4, -0.2) is 31.5 Å². The van der Waals surface area contributed by atoms with Crippen LogP contribution in [0.1, 0.15) is 48.5 Å². The molecule has 0 aliphatic heterocycles. The van der Waals surface area contributed by atoms with Gasteiger partial charge in [0.05, 0.1) is 17.1 Å². The molecule has 3 aromatic rings. The van der Waals surface area contributed by atoms with E-state index in [1.54, 1.807) is 48.5 Å². The van der Waals surface area contributed by atoms with E-state index >= 15 is 0 Å². The second kappa shape index (κ2) is 9.54. The summed E-state index contributed by atoms with van der Waals surface area (Å²) in [6.45, 7) is 2.10. The molecule has 2 aliphatic rings. The van der Waals surface area contributed by atoms with Crippen molar-refractivity contribution in [1.82, 2.24) is 0 Å². The molecule has 5 rings (SSSR count). The topological polar surface area (TPSA) is 83.6 Å². The predicted molar refractivity (Wildman–Crippen MR) is 141 cm³/mol. The van der Waals surface area contributed by atoms with Gasteiger partial charge in [0.2, 0.25) is 5.91 Å². The zero-order valence-corrected chi connectivity index (χ0v) is 21.1. The summed E-state index contributed by atoms with van der Waals surface area (Å²) in [6, 6.07) is 23.2. The van der Waals surface area contributed by atoms with Crippen LogP contribution in [0.5, 0.6) is 0 Å². The molecule has 0 spiro atoms. The molecule has 186 valence electrons. The highest BCUT2D eigenvalue weighted by Gasteiger charge is 2.46. The quantitative estimate of drug-likeness (QED) is 0.433. The van der Waals surface area contributed by atoms with Crippen molar-refractivity contribution >= 4 is 33.0 Å². The van der Waals surface area contributed by atoms with Crippen molar-refractivity contribution in [2.24, 2.45) is 5.92 Å². The van der Waals surface area contributed by atoms with Gasteiger partial charge in [0.15, 0.2) is 9.84 Å². The van der Waals surface area contributed by atoms with Crippen molar-refractivity contribution in [3.8, 4) is 0 Å². The summed E-state index contributed by atoms with van der Waals surface area (Å²) in [4.78, 5) is 28.1. The lowest BCUT2D eigenvalue weighted by molar-refractivity contribution is -0.115. The van der Waals surface area contributed by atoms with Crippen LogP contribution in [-0.2, 0) is 21.1 Å². The maximum Gasteiger partial charge on any atom is 0.258 e. The average Bonchev–Trinajstić information content (AvgIpc) is 3.80. The van der Waals surface area contributed by atoms with E-state index in [9.17, 15) is 18.0 Å². The molecule has 0 saturated heterocycles. The number of nitrogens with one attached hydrogen (secondary N) is 1. The highest BCUT2D eigenvalue weighted by molar-refractivity contribution is 7.91. The van der Waals surface area contributed by atoms with Crippen molar-refractivity contribution in [2.45, 2.75) is 49.5 Å². The maximum atomic E-state index is 13.4. The van der Waals surface area contributed by atoms with Crippen LogP contribution in [0.25, 0.3) is 0 Å². The molecule has 0 bridgehead atoms. The first-order chi connectivity index (χ1) is 17.2. The van der Waals surface area contributed by atoms with Gasteiger partial charge in [-0.15, -0.1) is 0 Å². The van der Waals surface area contributed by atoms with Gasteiger partial charge in [-0.25, -0.2) is 8.42 Å². The highest BCUT2D eigenvalue weighted by Crippen LogP contribution is 2.44. The van der Waals surface area contributed by atoms with Crippen LogP contribution in [0, 0.1) is 5.92 Å². The van der Waals surface area contributed by atoms with Crippen molar-refractivity contribution in [3.05, 3.63) is 90.0 Å². The van der Waals surface area contributed by atoms with Gasteiger partial charge in [-0.1, -0.05) is 30.3 Å². The lowest BCUT2D eigenvalue weighted by Gasteiger charge is -2.29. The minimum Gasteiger partial charge on any atom is -0.326 e. The average molecular weight is 503 g/mol. The zero-order valence-electron chi connectivity index (χ0n) is 20.3. The normalized spacial score (nSPS) is 16.2. The fraction of sp³-hybridized carbons (Fsp3) is 0.310. The third-order valence-corrected chi connectivity index (χ3v) is 8.85. The molecule has 3 aromatic carbocycles. The van der Waals surface area contributed by atoms with E-state index in [1.165, 1.54) is 0 Å². The Hall–Kier alpha value is -3.45. The Bertz CT molecular complexity index is 1360. The molecule has 6 nitrogen and oxygen atoms in total. The van der Waals surface area contributed by atoms with E-state index in [4.69, 9.17) is 0 Å².